The molecule has 0 fully saturated rings. The van der Waals surface area contributed by atoms with Crippen LogP contribution in [0.4, 0.5) is 0 Å². The number of aromatic nitrogens is 1. The molecule has 130 valence electrons. The Balaban J connectivity index is 1.65. The van der Waals surface area contributed by atoms with E-state index in [9.17, 15) is 4.79 Å². The number of oxazole rings is 1. The lowest BCUT2D eigenvalue weighted by atomic mass is 10.0. The second-order valence-electron chi connectivity index (χ2n) is 6.14. The second-order valence-corrected chi connectivity index (χ2v) is 6.14. The largest absolute Gasteiger partial charge is 0.446 e. The maximum absolute atomic E-state index is 12.3. The molecule has 5 nitrogen and oxygen atoms in total. The van der Waals surface area contributed by atoms with E-state index in [-0.39, 0.29) is 17.6 Å². The number of hydrogen-bond acceptors (Lipinski definition) is 4. The van der Waals surface area contributed by atoms with Gasteiger partial charge >= 0.3 is 0 Å². The topological polar surface area (TPSA) is 81.1 Å². The van der Waals surface area contributed by atoms with Gasteiger partial charge in [-0.3, -0.25) is 4.79 Å². The third-order valence-electron chi connectivity index (χ3n) is 4.26. The van der Waals surface area contributed by atoms with Crippen molar-refractivity contribution >= 4 is 16.7 Å². The molecule has 1 atom stereocenters. The van der Waals surface area contributed by atoms with Gasteiger partial charge in [0.25, 0.3) is 5.91 Å². The zero-order valence-corrected chi connectivity index (χ0v) is 14.4. The van der Waals surface area contributed by atoms with Crippen LogP contribution in [0.2, 0.25) is 0 Å². The molecule has 3 rings (SSSR count). The lowest BCUT2D eigenvalue weighted by Gasteiger charge is -2.07. The molecule has 0 radical (unpaired) electrons. The Bertz CT molecular complexity index is 852. The van der Waals surface area contributed by atoms with Gasteiger partial charge in [-0.2, -0.15) is 0 Å². The molecule has 2 aromatic carbocycles. The molecule has 3 aromatic rings. The van der Waals surface area contributed by atoms with E-state index in [1.54, 1.807) is 0 Å². The van der Waals surface area contributed by atoms with Gasteiger partial charge in [-0.05, 0) is 22.8 Å². The van der Waals surface area contributed by atoms with Crippen molar-refractivity contribution in [2.75, 3.05) is 0 Å². The minimum atomic E-state index is -0.264. The van der Waals surface area contributed by atoms with Crippen molar-refractivity contribution in [3.63, 3.8) is 0 Å². The van der Waals surface area contributed by atoms with Gasteiger partial charge in [-0.15, -0.1) is 0 Å². The maximum atomic E-state index is 12.3. The van der Waals surface area contributed by atoms with Gasteiger partial charge in [0.05, 0.1) is 6.04 Å². The summed E-state index contributed by atoms with van der Waals surface area (Å²) < 4.78 is 5.37. The van der Waals surface area contributed by atoms with Gasteiger partial charge in [-0.1, -0.05) is 62.2 Å². The van der Waals surface area contributed by atoms with Crippen LogP contribution in [-0.2, 0) is 6.54 Å². The summed E-state index contributed by atoms with van der Waals surface area (Å²) in [5, 5.41) is 5.19. The van der Waals surface area contributed by atoms with Gasteiger partial charge in [0, 0.05) is 6.54 Å². The van der Waals surface area contributed by atoms with Crippen molar-refractivity contribution in [1.29, 1.82) is 0 Å². The van der Waals surface area contributed by atoms with E-state index in [4.69, 9.17) is 10.2 Å². The van der Waals surface area contributed by atoms with Crippen LogP contribution in [-0.4, -0.2) is 10.9 Å². The first-order valence-corrected chi connectivity index (χ1v) is 8.65. The smallest absolute Gasteiger partial charge is 0.273 e. The maximum Gasteiger partial charge on any atom is 0.273 e. The second kappa shape index (κ2) is 7.94. The number of carbonyl (C=O) groups excluding carboxylic acids is 1. The first-order valence-electron chi connectivity index (χ1n) is 8.65. The van der Waals surface area contributed by atoms with Crippen LogP contribution in [0, 0.1) is 0 Å². The van der Waals surface area contributed by atoms with Crippen LogP contribution in [0.5, 0.6) is 0 Å². The van der Waals surface area contributed by atoms with E-state index in [0.717, 1.165) is 35.6 Å². The number of amides is 1. The number of hydrogen-bond donors (Lipinski definition) is 2. The average molecular weight is 337 g/mol. The first-order chi connectivity index (χ1) is 12.2. The fourth-order valence-electron chi connectivity index (χ4n) is 2.82. The molecule has 1 amide bonds. The number of nitrogens with one attached hydrogen (secondary N) is 1. The van der Waals surface area contributed by atoms with Crippen LogP contribution >= 0.6 is 0 Å². The number of benzene rings is 2. The number of nitrogens with two attached hydrogens (primary N) is 1. The van der Waals surface area contributed by atoms with Gasteiger partial charge in [0.15, 0.2) is 5.69 Å². The molecule has 0 spiro atoms. The van der Waals surface area contributed by atoms with Crippen molar-refractivity contribution in [1.82, 2.24) is 10.3 Å². The predicted molar refractivity (Wildman–Crippen MR) is 98.1 cm³/mol. The first kappa shape index (κ1) is 17.2. The summed E-state index contributed by atoms with van der Waals surface area (Å²) in [6.07, 6.45) is 4.24. The number of carbonyl (C=O) groups is 1. The van der Waals surface area contributed by atoms with Crippen molar-refractivity contribution in [3.8, 4) is 0 Å². The van der Waals surface area contributed by atoms with E-state index in [1.165, 1.54) is 6.26 Å². The fourth-order valence-corrected chi connectivity index (χ4v) is 2.82. The molecular weight excluding hydrogens is 314 g/mol. The molecule has 0 aliphatic rings. The zero-order chi connectivity index (χ0) is 17.6. The van der Waals surface area contributed by atoms with Gasteiger partial charge in [-0.25, -0.2) is 4.98 Å². The molecule has 1 unspecified atom stereocenters. The van der Waals surface area contributed by atoms with E-state index >= 15 is 0 Å². The SMILES string of the molecule is CCCCC(N)c1nc(C(=O)NCc2cccc3ccccc23)co1. The highest BCUT2D eigenvalue weighted by molar-refractivity contribution is 5.92. The number of unbranched alkanes of at least 4 members (excludes halogenated alkanes) is 1. The molecule has 5 heteroatoms. The Hall–Kier alpha value is -2.66. The Morgan fingerprint density at radius 3 is 2.88 bits per heavy atom. The van der Waals surface area contributed by atoms with E-state index in [0.29, 0.717) is 12.4 Å². The van der Waals surface area contributed by atoms with E-state index in [1.807, 2.05) is 24.3 Å². The zero-order valence-electron chi connectivity index (χ0n) is 14.4. The summed E-state index contributed by atoms with van der Waals surface area (Å²) in [6.45, 7) is 2.54. The normalized spacial score (nSPS) is 12.2. The number of fused-ring (bicyclic) bond motifs is 1. The van der Waals surface area contributed by atoms with Crippen molar-refractivity contribution in [2.24, 2.45) is 5.73 Å². The minimum Gasteiger partial charge on any atom is -0.446 e. The summed E-state index contributed by atoms with van der Waals surface area (Å²) in [7, 11) is 0. The summed E-state index contributed by atoms with van der Waals surface area (Å²) in [5.74, 6) is 0.161. The standard InChI is InChI=1S/C20H23N3O2/c1-2-3-11-17(21)20-23-18(13-25-20)19(24)22-12-15-9-6-8-14-7-4-5-10-16(14)15/h4-10,13,17H,2-3,11-12,21H2,1H3,(H,22,24). The number of nitrogens with zero attached hydrogens (tertiary/aromatic N) is 1. The van der Waals surface area contributed by atoms with Gasteiger partial charge in [0.1, 0.15) is 6.26 Å². The lowest BCUT2D eigenvalue weighted by molar-refractivity contribution is 0.0946. The molecule has 0 saturated carbocycles. The highest BCUT2D eigenvalue weighted by Crippen LogP contribution is 2.19. The lowest BCUT2D eigenvalue weighted by Crippen LogP contribution is -2.23. The number of rotatable bonds is 7. The molecule has 1 aromatic heterocycles. The highest BCUT2D eigenvalue weighted by atomic mass is 16.3. The molecule has 25 heavy (non-hydrogen) atoms. The van der Waals surface area contributed by atoms with Crippen LogP contribution in [0.3, 0.4) is 0 Å². The molecule has 1 heterocycles. The molecule has 3 N–H and O–H groups in total. The van der Waals surface area contributed by atoms with Crippen molar-refractivity contribution < 1.29 is 9.21 Å². The molecule has 0 saturated heterocycles. The van der Waals surface area contributed by atoms with Crippen molar-refractivity contribution in [2.45, 2.75) is 38.8 Å². The quantitative estimate of drug-likeness (QED) is 0.684. The van der Waals surface area contributed by atoms with Crippen LogP contribution in [0.25, 0.3) is 10.8 Å². The minimum absolute atomic E-state index is 0.259. The third-order valence-corrected chi connectivity index (χ3v) is 4.26. The fraction of sp³-hybridized carbons (Fsp3) is 0.300. The Kier molecular flexibility index (Phi) is 5.46. The van der Waals surface area contributed by atoms with Crippen LogP contribution in [0.1, 0.15) is 54.2 Å². The highest BCUT2D eigenvalue weighted by Gasteiger charge is 2.16. The van der Waals surface area contributed by atoms with E-state index < -0.39 is 0 Å². The molecule has 0 bridgehead atoms. The average Bonchev–Trinajstić information content (AvgIpc) is 3.14. The Labute approximate surface area is 147 Å². The summed E-state index contributed by atoms with van der Waals surface area (Å²) in [5.41, 5.74) is 7.36. The Morgan fingerprint density at radius 2 is 2.04 bits per heavy atom. The Morgan fingerprint density at radius 1 is 1.24 bits per heavy atom. The van der Waals surface area contributed by atoms with Crippen LogP contribution in [0.15, 0.2) is 53.1 Å². The van der Waals surface area contributed by atoms with Gasteiger partial charge < -0.3 is 15.5 Å². The van der Waals surface area contributed by atoms with E-state index in [2.05, 4.69) is 35.4 Å². The van der Waals surface area contributed by atoms with Crippen molar-refractivity contribution in [3.05, 3.63) is 65.9 Å². The summed E-state index contributed by atoms with van der Waals surface area (Å²) in [4.78, 5) is 16.6. The third kappa shape index (κ3) is 4.06. The molecular formula is C20H23N3O2. The summed E-state index contributed by atoms with van der Waals surface area (Å²) in [6, 6.07) is 13.9. The molecule has 0 aliphatic carbocycles. The van der Waals surface area contributed by atoms with Crippen LogP contribution < -0.4 is 11.1 Å². The predicted octanol–water partition coefficient (Wildman–Crippen LogP) is 3.95. The van der Waals surface area contributed by atoms with Gasteiger partial charge in [0.2, 0.25) is 5.89 Å². The monoisotopic (exact) mass is 337 g/mol. The summed E-state index contributed by atoms with van der Waals surface area (Å²) >= 11 is 0. The molecule has 0 aliphatic heterocycles.